The molecule has 0 aromatic heterocycles. The van der Waals surface area contributed by atoms with Crippen LogP contribution < -0.4 is 5.32 Å². The third kappa shape index (κ3) is 3.04. The fourth-order valence-corrected chi connectivity index (χ4v) is 4.21. The van der Waals surface area contributed by atoms with Gasteiger partial charge in [0.2, 0.25) is 0 Å². The molecule has 1 unspecified atom stereocenters. The maximum Gasteiger partial charge on any atom is 0.410 e. The number of fused-ring (bicyclic) bond motifs is 2. The van der Waals surface area contributed by atoms with Crippen LogP contribution >= 0.6 is 0 Å². The summed E-state index contributed by atoms with van der Waals surface area (Å²) in [6.07, 6.45) is 4.57. The number of carbonyl (C=O) groups is 1. The van der Waals surface area contributed by atoms with Gasteiger partial charge in [0.15, 0.2) is 0 Å². The van der Waals surface area contributed by atoms with Crippen molar-refractivity contribution in [3.8, 4) is 0 Å². The minimum Gasteiger partial charge on any atom is -0.444 e. The van der Waals surface area contributed by atoms with E-state index in [1.807, 2.05) is 25.7 Å². The number of nitrogens with one attached hydrogen (secondary N) is 1. The summed E-state index contributed by atoms with van der Waals surface area (Å²) in [4.78, 5) is 16.7. The molecule has 3 rings (SSSR count). The van der Waals surface area contributed by atoms with E-state index in [4.69, 9.17) is 4.74 Å². The first-order chi connectivity index (χ1) is 9.90. The molecule has 1 spiro atoms. The van der Waals surface area contributed by atoms with Crippen molar-refractivity contribution in [2.75, 3.05) is 32.7 Å². The quantitative estimate of drug-likeness (QED) is 0.740. The number of piperidine rings is 1. The number of nitrogens with zero attached hydrogens (tertiary/aromatic N) is 2. The molecule has 0 aromatic carbocycles. The Morgan fingerprint density at radius 2 is 1.90 bits per heavy atom. The molecule has 5 heteroatoms. The lowest BCUT2D eigenvalue weighted by atomic mass is 9.78. The Balaban J connectivity index is 1.60. The van der Waals surface area contributed by atoms with Crippen LogP contribution in [-0.4, -0.2) is 65.8 Å². The van der Waals surface area contributed by atoms with Crippen LogP contribution in [0.4, 0.5) is 4.79 Å². The minimum absolute atomic E-state index is 0.156. The van der Waals surface area contributed by atoms with Crippen LogP contribution in [0.25, 0.3) is 0 Å². The van der Waals surface area contributed by atoms with E-state index in [0.29, 0.717) is 6.04 Å². The first kappa shape index (κ1) is 15.1. The van der Waals surface area contributed by atoms with Gasteiger partial charge in [0.25, 0.3) is 0 Å². The highest BCUT2D eigenvalue weighted by Gasteiger charge is 2.48. The van der Waals surface area contributed by atoms with Gasteiger partial charge in [0.1, 0.15) is 5.60 Å². The van der Waals surface area contributed by atoms with E-state index in [0.717, 1.165) is 32.5 Å². The van der Waals surface area contributed by atoms with Gasteiger partial charge in [-0.1, -0.05) is 0 Å². The van der Waals surface area contributed by atoms with E-state index in [9.17, 15) is 4.79 Å². The molecule has 1 N–H and O–H groups in total. The Morgan fingerprint density at radius 1 is 1.19 bits per heavy atom. The predicted octanol–water partition coefficient (Wildman–Crippen LogP) is 1.82. The zero-order valence-corrected chi connectivity index (χ0v) is 13.7. The molecule has 3 aliphatic rings. The highest BCUT2D eigenvalue weighted by Crippen LogP contribution is 2.36. The molecule has 0 aromatic rings. The molecule has 120 valence electrons. The average molecular weight is 295 g/mol. The lowest BCUT2D eigenvalue weighted by molar-refractivity contribution is -0.00131. The van der Waals surface area contributed by atoms with E-state index in [-0.39, 0.29) is 11.6 Å². The molecule has 3 saturated heterocycles. The first-order valence-corrected chi connectivity index (χ1v) is 8.37. The number of ether oxygens (including phenoxy) is 1. The highest BCUT2D eigenvalue weighted by atomic mass is 16.6. The summed E-state index contributed by atoms with van der Waals surface area (Å²) in [5, 5.41) is 3.79. The second-order valence-electron chi connectivity index (χ2n) is 7.74. The Hall–Kier alpha value is -0.810. The highest BCUT2D eigenvalue weighted by molar-refractivity contribution is 5.68. The zero-order valence-electron chi connectivity index (χ0n) is 13.7. The second-order valence-corrected chi connectivity index (χ2v) is 7.74. The number of hydrogen-bond acceptors (Lipinski definition) is 4. The van der Waals surface area contributed by atoms with Gasteiger partial charge < -0.3 is 15.0 Å². The van der Waals surface area contributed by atoms with Crippen molar-refractivity contribution in [2.24, 2.45) is 0 Å². The molecule has 5 nitrogen and oxygen atoms in total. The third-order valence-corrected chi connectivity index (χ3v) is 5.18. The Kier molecular flexibility index (Phi) is 3.91. The number of carbonyl (C=O) groups excluding carboxylic acids is 1. The Labute approximate surface area is 128 Å². The lowest BCUT2D eigenvalue weighted by Crippen LogP contribution is -2.68. The maximum absolute atomic E-state index is 12.2. The smallest absolute Gasteiger partial charge is 0.410 e. The van der Waals surface area contributed by atoms with E-state index in [1.54, 1.807) is 0 Å². The van der Waals surface area contributed by atoms with E-state index in [1.165, 1.54) is 25.9 Å². The molecule has 0 aliphatic carbocycles. The normalized spacial score (nSPS) is 29.5. The molecule has 3 heterocycles. The van der Waals surface area contributed by atoms with Crippen molar-refractivity contribution in [1.29, 1.82) is 0 Å². The van der Waals surface area contributed by atoms with Gasteiger partial charge >= 0.3 is 6.09 Å². The predicted molar refractivity (Wildman–Crippen MR) is 82.4 cm³/mol. The summed E-state index contributed by atoms with van der Waals surface area (Å²) in [5.41, 5.74) is -0.176. The van der Waals surface area contributed by atoms with Crippen LogP contribution in [-0.2, 0) is 4.74 Å². The van der Waals surface area contributed by atoms with Gasteiger partial charge in [-0.05, 0) is 53.0 Å². The van der Waals surface area contributed by atoms with Crippen molar-refractivity contribution in [3.63, 3.8) is 0 Å². The molecule has 3 fully saturated rings. The standard InChI is InChI=1S/C16H29N3O2/c1-15(2,3)21-14(20)19-10-6-16(7-11-19)13-5-4-9-18(13)12-8-17-16/h13,17H,4-12H2,1-3H3. The SMILES string of the molecule is CC(C)(C)OC(=O)N1CCC2(CC1)NCCN1CCCC12. The van der Waals surface area contributed by atoms with Crippen LogP contribution in [0.2, 0.25) is 0 Å². The van der Waals surface area contributed by atoms with Crippen molar-refractivity contribution >= 4 is 6.09 Å². The van der Waals surface area contributed by atoms with Crippen LogP contribution in [0.1, 0.15) is 46.5 Å². The topological polar surface area (TPSA) is 44.8 Å². The fraction of sp³-hybridized carbons (Fsp3) is 0.938. The Bertz CT molecular complexity index is 397. The van der Waals surface area contributed by atoms with Gasteiger partial charge in [-0.2, -0.15) is 0 Å². The summed E-state index contributed by atoms with van der Waals surface area (Å²) in [6.45, 7) is 10.9. The van der Waals surface area contributed by atoms with Gasteiger partial charge in [-0.25, -0.2) is 4.79 Å². The molecule has 0 saturated carbocycles. The number of hydrogen-bond donors (Lipinski definition) is 1. The molecule has 0 radical (unpaired) electrons. The van der Waals surface area contributed by atoms with E-state index >= 15 is 0 Å². The number of likely N-dealkylation sites (tertiary alicyclic amines) is 1. The molecule has 1 atom stereocenters. The van der Waals surface area contributed by atoms with Gasteiger partial charge in [-0.15, -0.1) is 0 Å². The maximum atomic E-state index is 12.2. The summed E-state index contributed by atoms with van der Waals surface area (Å²) in [6, 6.07) is 0.673. The summed E-state index contributed by atoms with van der Waals surface area (Å²) in [5.74, 6) is 0. The number of amides is 1. The minimum atomic E-state index is -0.405. The van der Waals surface area contributed by atoms with Crippen molar-refractivity contribution in [2.45, 2.75) is 63.6 Å². The second kappa shape index (κ2) is 5.43. The Morgan fingerprint density at radius 3 is 2.57 bits per heavy atom. The lowest BCUT2D eigenvalue weighted by Gasteiger charge is -2.52. The van der Waals surface area contributed by atoms with Gasteiger partial charge in [0.05, 0.1) is 0 Å². The molecular weight excluding hydrogens is 266 g/mol. The van der Waals surface area contributed by atoms with Crippen LogP contribution in [0.5, 0.6) is 0 Å². The molecule has 3 aliphatic heterocycles. The summed E-state index contributed by atoms with van der Waals surface area (Å²) < 4.78 is 5.50. The zero-order chi connectivity index (χ0) is 15.1. The third-order valence-electron chi connectivity index (χ3n) is 5.18. The van der Waals surface area contributed by atoms with Crippen molar-refractivity contribution < 1.29 is 9.53 Å². The van der Waals surface area contributed by atoms with E-state index < -0.39 is 5.60 Å². The molecule has 21 heavy (non-hydrogen) atoms. The molecular formula is C16H29N3O2. The number of rotatable bonds is 0. The van der Waals surface area contributed by atoms with Crippen LogP contribution in [0.3, 0.4) is 0 Å². The largest absolute Gasteiger partial charge is 0.444 e. The summed E-state index contributed by atoms with van der Waals surface area (Å²) in [7, 11) is 0. The molecule has 0 bridgehead atoms. The fourth-order valence-electron chi connectivity index (χ4n) is 4.21. The van der Waals surface area contributed by atoms with Gasteiger partial charge in [-0.3, -0.25) is 4.90 Å². The van der Waals surface area contributed by atoms with Crippen LogP contribution in [0, 0.1) is 0 Å². The first-order valence-electron chi connectivity index (χ1n) is 8.37. The average Bonchev–Trinajstić information content (AvgIpc) is 2.87. The van der Waals surface area contributed by atoms with Crippen LogP contribution in [0.15, 0.2) is 0 Å². The monoisotopic (exact) mass is 295 g/mol. The van der Waals surface area contributed by atoms with Gasteiger partial charge in [0, 0.05) is 37.8 Å². The van der Waals surface area contributed by atoms with Crippen molar-refractivity contribution in [1.82, 2.24) is 15.1 Å². The van der Waals surface area contributed by atoms with Crippen molar-refractivity contribution in [3.05, 3.63) is 0 Å². The van der Waals surface area contributed by atoms with E-state index in [2.05, 4.69) is 10.2 Å². The number of piperazine rings is 1. The summed E-state index contributed by atoms with van der Waals surface area (Å²) >= 11 is 0. The molecule has 1 amide bonds.